The molecule has 8 heteroatoms. The van der Waals surface area contributed by atoms with Crippen LogP contribution < -0.4 is 10.1 Å². The van der Waals surface area contributed by atoms with Gasteiger partial charge in [-0.15, -0.1) is 0 Å². The predicted molar refractivity (Wildman–Crippen MR) is 112 cm³/mol. The molecule has 0 radical (unpaired) electrons. The largest absolute Gasteiger partial charge is 0.494 e. The Morgan fingerprint density at radius 3 is 2.77 bits per heavy atom. The average molecular weight is 398 g/mol. The van der Waals surface area contributed by atoms with Gasteiger partial charge < -0.3 is 10.1 Å². The molecule has 0 aliphatic heterocycles. The Labute approximate surface area is 159 Å². The average Bonchev–Trinajstić information content (AvgIpc) is 3.05. The van der Waals surface area contributed by atoms with Gasteiger partial charge in [-0.3, -0.25) is 10.00 Å². The number of aromatic amines is 1. The molecule has 0 fully saturated rings. The van der Waals surface area contributed by atoms with Gasteiger partial charge in [0, 0.05) is 37.0 Å². The molecule has 26 heavy (non-hydrogen) atoms. The van der Waals surface area contributed by atoms with E-state index in [9.17, 15) is 4.39 Å². The minimum atomic E-state index is -1.60. The summed E-state index contributed by atoms with van der Waals surface area (Å²) in [5, 5.41) is 8.87. The Balaban J connectivity index is 2.34. The van der Waals surface area contributed by atoms with Crippen LogP contribution in [0.25, 0.3) is 11.1 Å². The monoisotopic (exact) mass is 398 g/mol. The van der Waals surface area contributed by atoms with Crippen molar-refractivity contribution in [3.05, 3.63) is 35.7 Å². The number of nitrogens with one attached hydrogen (secondary N) is 2. The molecular formula is C18H29FN4OP2. The van der Waals surface area contributed by atoms with E-state index in [1.54, 1.807) is 6.07 Å². The molecule has 2 atom stereocenters. The highest BCUT2D eigenvalue weighted by molar-refractivity contribution is 7.38. The lowest BCUT2D eigenvalue weighted by Crippen LogP contribution is -2.27. The lowest BCUT2D eigenvalue weighted by Gasteiger charge is -2.19. The van der Waals surface area contributed by atoms with Crippen LogP contribution in [0.4, 0.5) is 4.39 Å². The van der Waals surface area contributed by atoms with Crippen LogP contribution in [0.1, 0.15) is 24.6 Å². The zero-order valence-electron chi connectivity index (χ0n) is 15.7. The molecule has 0 amide bonds. The molecule has 5 nitrogen and oxygen atoms in total. The summed E-state index contributed by atoms with van der Waals surface area (Å²) in [5.41, 5.74) is 3.32. The SMILES string of the molecule is CCCOc1cc(-c2c[nH]nc2CN(C)CCNC)cc(C(F)(P)P)c1. The van der Waals surface area contributed by atoms with Crippen LogP contribution in [0.3, 0.4) is 0 Å². The van der Waals surface area contributed by atoms with Gasteiger partial charge in [-0.1, -0.05) is 25.4 Å². The van der Waals surface area contributed by atoms with Crippen LogP contribution in [0, 0.1) is 0 Å². The minimum Gasteiger partial charge on any atom is -0.494 e. The molecule has 0 saturated heterocycles. The second kappa shape index (κ2) is 9.75. The Bertz CT molecular complexity index is 703. The van der Waals surface area contributed by atoms with Gasteiger partial charge in [0.25, 0.3) is 0 Å². The third kappa shape index (κ3) is 5.99. The number of aromatic nitrogens is 2. The molecule has 0 spiro atoms. The fourth-order valence-electron chi connectivity index (χ4n) is 2.61. The van der Waals surface area contributed by atoms with Crippen molar-refractivity contribution in [2.45, 2.75) is 25.0 Å². The molecule has 1 aromatic heterocycles. The van der Waals surface area contributed by atoms with E-state index in [-0.39, 0.29) is 0 Å². The first-order chi connectivity index (χ1) is 12.3. The fraction of sp³-hybridized carbons (Fsp3) is 0.500. The lowest BCUT2D eigenvalue weighted by atomic mass is 10.0. The number of rotatable bonds is 10. The van der Waals surface area contributed by atoms with Crippen LogP contribution in [-0.2, 0) is 11.7 Å². The van der Waals surface area contributed by atoms with Crippen molar-refractivity contribution in [3.63, 3.8) is 0 Å². The Morgan fingerprint density at radius 1 is 1.35 bits per heavy atom. The summed E-state index contributed by atoms with van der Waals surface area (Å²) in [7, 11) is 8.43. The molecule has 0 aliphatic carbocycles. The van der Waals surface area contributed by atoms with E-state index in [0.717, 1.165) is 36.3 Å². The summed E-state index contributed by atoms with van der Waals surface area (Å²) in [6.45, 7) is 5.17. The van der Waals surface area contributed by atoms with Crippen molar-refractivity contribution in [2.24, 2.45) is 0 Å². The highest BCUT2D eigenvalue weighted by Crippen LogP contribution is 2.43. The van der Waals surface area contributed by atoms with Crippen molar-refractivity contribution < 1.29 is 9.13 Å². The van der Waals surface area contributed by atoms with Crippen molar-refractivity contribution >= 4 is 18.5 Å². The van der Waals surface area contributed by atoms with E-state index in [2.05, 4.69) is 45.9 Å². The third-order valence-corrected chi connectivity index (χ3v) is 4.68. The molecule has 2 aromatic rings. The minimum absolute atomic E-state index is 0.534. The van der Waals surface area contributed by atoms with E-state index in [4.69, 9.17) is 4.74 Å². The maximum absolute atomic E-state index is 14.5. The molecular weight excluding hydrogens is 369 g/mol. The number of alkyl halides is 1. The van der Waals surface area contributed by atoms with E-state index < -0.39 is 5.15 Å². The highest BCUT2D eigenvalue weighted by atomic mass is 31.1. The van der Waals surface area contributed by atoms with E-state index >= 15 is 0 Å². The third-order valence-electron chi connectivity index (χ3n) is 4.02. The van der Waals surface area contributed by atoms with Gasteiger partial charge >= 0.3 is 0 Å². The molecule has 144 valence electrons. The number of H-pyrrole nitrogens is 1. The first kappa shape index (κ1) is 21.2. The topological polar surface area (TPSA) is 53.2 Å². The summed E-state index contributed by atoms with van der Waals surface area (Å²) in [4.78, 5) is 2.19. The molecule has 0 aliphatic rings. The van der Waals surface area contributed by atoms with Crippen molar-refractivity contribution in [2.75, 3.05) is 33.8 Å². The number of halogens is 1. The molecule has 1 aromatic carbocycles. The van der Waals surface area contributed by atoms with Gasteiger partial charge in [-0.25, -0.2) is 4.39 Å². The number of likely N-dealkylation sites (N-methyl/N-ethyl adjacent to an activating group) is 2. The van der Waals surface area contributed by atoms with Gasteiger partial charge in [0.15, 0.2) is 5.15 Å². The number of nitrogens with zero attached hydrogens (tertiary/aromatic N) is 2. The van der Waals surface area contributed by atoms with Gasteiger partial charge in [0.05, 0.1) is 12.3 Å². The number of hydrogen-bond donors (Lipinski definition) is 2. The number of hydrogen-bond acceptors (Lipinski definition) is 4. The van der Waals surface area contributed by atoms with Crippen molar-refractivity contribution in [1.29, 1.82) is 0 Å². The van der Waals surface area contributed by atoms with Gasteiger partial charge in [-0.2, -0.15) is 5.10 Å². The summed E-state index contributed by atoms with van der Waals surface area (Å²) in [6.07, 6.45) is 2.75. The van der Waals surface area contributed by atoms with E-state index in [0.29, 0.717) is 24.5 Å². The van der Waals surface area contributed by atoms with Crippen LogP contribution in [0.2, 0.25) is 0 Å². The summed E-state index contributed by atoms with van der Waals surface area (Å²) >= 11 is 0. The molecule has 2 N–H and O–H groups in total. The molecule has 2 unspecified atom stereocenters. The Kier molecular flexibility index (Phi) is 7.97. The normalized spacial score (nSPS) is 12.0. The number of ether oxygens (including phenoxy) is 1. The summed E-state index contributed by atoms with van der Waals surface area (Å²) in [5.74, 6) is 0.668. The molecule has 2 rings (SSSR count). The first-order valence-electron chi connectivity index (χ1n) is 8.76. The second-order valence-electron chi connectivity index (χ2n) is 6.45. The standard InChI is InChI=1S/C18H29FN4OP2/c1-4-7-24-15-9-13(8-14(10-15)18(19,25)26)16-11-21-22-17(16)12-23(3)6-5-20-2/h8-11,20H,4-7,12,25-26H2,1-3H3,(H,21,22). The Morgan fingerprint density at radius 2 is 2.12 bits per heavy atom. The van der Waals surface area contributed by atoms with Gasteiger partial charge in [0.2, 0.25) is 0 Å². The highest BCUT2D eigenvalue weighted by Gasteiger charge is 2.22. The van der Waals surface area contributed by atoms with Gasteiger partial charge in [-0.05, 0) is 44.3 Å². The fourth-order valence-corrected chi connectivity index (χ4v) is 2.94. The zero-order valence-corrected chi connectivity index (χ0v) is 18.0. The summed E-state index contributed by atoms with van der Waals surface area (Å²) < 4.78 is 20.3. The van der Waals surface area contributed by atoms with Crippen LogP contribution in [-0.4, -0.2) is 48.9 Å². The summed E-state index contributed by atoms with van der Waals surface area (Å²) in [6, 6.07) is 5.54. The van der Waals surface area contributed by atoms with Crippen LogP contribution >= 0.6 is 18.5 Å². The number of benzene rings is 1. The first-order valence-corrected chi connectivity index (χ1v) is 9.91. The predicted octanol–water partition coefficient (Wildman–Crippen LogP) is 3.35. The molecule has 0 bridgehead atoms. The maximum atomic E-state index is 14.5. The van der Waals surface area contributed by atoms with Crippen LogP contribution in [0.5, 0.6) is 5.75 Å². The van der Waals surface area contributed by atoms with Crippen molar-refractivity contribution in [1.82, 2.24) is 20.4 Å². The van der Waals surface area contributed by atoms with E-state index in [1.807, 2.05) is 32.3 Å². The molecule has 1 heterocycles. The second-order valence-corrected chi connectivity index (χ2v) is 8.80. The van der Waals surface area contributed by atoms with Crippen LogP contribution in [0.15, 0.2) is 24.4 Å². The maximum Gasteiger partial charge on any atom is 0.160 e. The lowest BCUT2D eigenvalue weighted by molar-refractivity contribution is 0.316. The quantitative estimate of drug-likeness (QED) is 0.603. The molecule has 0 saturated carbocycles. The Hall–Kier alpha value is -1.06. The van der Waals surface area contributed by atoms with Gasteiger partial charge in [0.1, 0.15) is 5.75 Å². The van der Waals surface area contributed by atoms with Crippen molar-refractivity contribution in [3.8, 4) is 16.9 Å². The zero-order chi connectivity index (χ0) is 19.2. The smallest absolute Gasteiger partial charge is 0.160 e. The van der Waals surface area contributed by atoms with E-state index in [1.165, 1.54) is 0 Å².